The lowest BCUT2D eigenvalue weighted by molar-refractivity contribution is 0.167. The third-order valence-electron chi connectivity index (χ3n) is 2.31. The summed E-state index contributed by atoms with van der Waals surface area (Å²) in [5.74, 6) is 0. The zero-order valence-electron chi connectivity index (χ0n) is 8.68. The van der Waals surface area contributed by atoms with Gasteiger partial charge in [-0.3, -0.25) is 4.90 Å². The van der Waals surface area contributed by atoms with Crippen molar-refractivity contribution < 1.29 is 5.11 Å². The lowest BCUT2D eigenvalue weighted by atomic mass is 10.0. The maximum atomic E-state index is 8.88. The van der Waals surface area contributed by atoms with Crippen molar-refractivity contribution in [3.05, 3.63) is 22.4 Å². The van der Waals surface area contributed by atoms with Crippen LogP contribution in [0.1, 0.15) is 18.5 Å². The van der Waals surface area contributed by atoms with Gasteiger partial charge in [0.25, 0.3) is 0 Å². The topological polar surface area (TPSA) is 49.5 Å². The highest BCUT2D eigenvalue weighted by Gasteiger charge is 2.20. The predicted octanol–water partition coefficient (Wildman–Crippen LogP) is 1.06. The van der Waals surface area contributed by atoms with Crippen LogP contribution in [0, 0.1) is 0 Å². The van der Waals surface area contributed by atoms with Gasteiger partial charge < -0.3 is 10.8 Å². The second kappa shape index (κ2) is 5.46. The molecule has 80 valence electrons. The molecule has 0 saturated heterocycles. The summed E-state index contributed by atoms with van der Waals surface area (Å²) in [5.41, 5.74) is 7.18. The SMILES string of the molecule is CC(N)C(c1ccsc1)N(C)CCO. The molecule has 3 N–H and O–H groups in total. The van der Waals surface area contributed by atoms with Gasteiger partial charge in [0.2, 0.25) is 0 Å². The first-order valence-electron chi connectivity index (χ1n) is 4.75. The number of hydrogen-bond acceptors (Lipinski definition) is 4. The molecule has 0 saturated carbocycles. The average Bonchev–Trinajstić information content (AvgIpc) is 2.57. The second-order valence-electron chi connectivity index (χ2n) is 3.56. The average molecular weight is 214 g/mol. The molecule has 0 aliphatic rings. The molecule has 0 aliphatic carbocycles. The molecule has 0 fully saturated rings. The van der Waals surface area contributed by atoms with Gasteiger partial charge in [-0.25, -0.2) is 0 Å². The molecule has 0 amide bonds. The fourth-order valence-corrected chi connectivity index (χ4v) is 2.39. The lowest BCUT2D eigenvalue weighted by Crippen LogP contribution is -2.38. The predicted molar refractivity (Wildman–Crippen MR) is 60.4 cm³/mol. The molecule has 4 heteroatoms. The van der Waals surface area contributed by atoms with Gasteiger partial charge in [0.15, 0.2) is 0 Å². The van der Waals surface area contributed by atoms with Crippen LogP contribution < -0.4 is 5.73 Å². The van der Waals surface area contributed by atoms with Gasteiger partial charge in [-0.15, -0.1) is 0 Å². The molecule has 0 radical (unpaired) electrons. The van der Waals surface area contributed by atoms with Crippen LogP contribution >= 0.6 is 11.3 Å². The van der Waals surface area contributed by atoms with E-state index in [1.807, 2.05) is 14.0 Å². The van der Waals surface area contributed by atoms with E-state index < -0.39 is 0 Å². The number of hydrogen-bond donors (Lipinski definition) is 2. The minimum Gasteiger partial charge on any atom is -0.395 e. The van der Waals surface area contributed by atoms with Gasteiger partial charge in [-0.1, -0.05) is 0 Å². The number of nitrogens with zero attached hydrogens (tertiary/aromatic N) is 1. The van der Waals surface area contributed by atoms with Crippen molar-refractivity contribution in [1.82, 2.24) is 4.90 Å². The van der Waals surface area contributed by atoms with Crippen LogP contribution in [0.15, 0.2) is 16.8 Å². The molecule has 1 rings (SSSR count). The van der Waals surface area contributed by atoms with E-state index in [9.17, 15) is 0 Å². The summed E-state index contributed by atoms with van der Waals surface area (Å²) in [6.45, 7) is 2.82. The fraction of sp³-hybridized carbons (Fsp3) is 0.600. The molecule has 2 unspecified atom stereocenters. The van der Waals surface area contributed by atoms with Gasteiger partial charge in [0.05, 0.1) is 12.6 Å². The molecule has 0 aromatic carbocycles. The third-order valence-corrected chi connectivity index (χ3v) is 3.01. The molecule has 1 aromatic rings. The Hall–Kier alpha value is -0.420. The van der Waals surface area contributed by atoms with Crippen molar-refractivity contribution in [1.29, 1.82) is 0 Å². The summed E-state index contributed by atoms with van der Waals surface area (Å²) in [6, 6.07) is 2.36. The van der Waals surface area contributed by atoms with Crippen LogP contribution in [0.3, 0.4) is 0 Å². The molecular formula is C10H18N2OS. The number of nitrogens with two attached hydrogens (primary N) is 1. The van der Waals surface area contributed by atoms with E-state index in [0.29, 0.717) is 6.54 Å². The Balaban J connectivity index is 2.74. The van der Waals surface area contributed by atoms with E-state index in [4.69, 9.17) is 10.8 Å². The van der Waals surface area contributed by atoms with Crippen LogP contribution in [0.25, 0.3) is 0 Å². The molecule has 1 aromatic heterocycles. The summed E-state index contributed by atoms with van der Waals surface area (Å²) in [7, 11) is 1.99. The molecule has 1 heterocycles. The van der Waals surface area contributed by atoms with E-state index in [0.717, 1.165) is 0 Å². The van der Waals surface area contributed by atoms with Gasteiger partial charge in [0, 0.05) is 12.6 Å². The van der Waals surface area contributed by atoms with Gasteiger partial charge in [0.1, 0.15) is 0 Å². The number of rotatable bonds is 5. The summed E-state index contributed by atoms with van der Waals surface area (Å²) < 4.78 is 0. The largest absolute Gasteiger partial charge is 0.395 e. The minimum absolute atomic E-state index is 0.0705. The molecular weight excluding hydrogens is 196 g/mol. The third kappa shape index (κ3) is 2.78. The van der Waals surface area contributed by atoms with E-state index in [1.54, 1.807) is 11.3 Å². The first-order valence-corrected chi connectivity index (χ1v) is 5.70. The summed E-state index contributed by atoms with van der Waals surface area (Å²) in [5, 5.41) is 13.1. The van der Waals surface area contributed by atoms with Crippen molar-refractivity contribution in [2.75, 3.05) is 20.2 Å². The van der Waals surface area contributed by atoms with E-state index in [2.05, 4.69) is 21.7 Å². The fourth-order valence-electron chi connectivity index (χ4n) is 1.70. The first-order chi connectivity index (χ1) is 6.66. The maximum absolute atomic E-state index is 8.88. The van der Waals surface area contributed by atoms with E-state index >= 15 is 0 Å². The highest BCUT2D eigenvalue weighted by atomic mass is 32.1. The highest BCUT2D eigenvalue weighted by molar-refractivity contribution is 7.07. The molecule has 2 atom stereocenters. The van der Waals surface area contributed by atoms with Crippen LogP contribution in [-0.4, -0.2) is 36.2 Å². The molecule has 0 bridgehead atoms. The molecule has 3 nitrogen and oxygen atoms in total. The Kier molecular flexibility index (Phi) is 4.54. The second-order valence-corrected chi connectivity index (χ2v) is 4.34. The number of aliphatic hydroxyl groups excluding tert-OH is 1. The quantitative estimate of drug-likeness (QED) is 0.770. The molecule has 0 spiro atoms. The minimum atomic E-state index is 0.0705. The number of aliphatic hydroxyl groups is 1. The zero-order valence-corrected chi connectivity index (χ0v) is 9.50. The van der Waals surface area contributed by atoms with Gasteiger partial charge >= 0.3 is 0 Å². The van der Waals surface area contributed by atoms with Crippen LogP contribution in [-0.2, 0) is 0 Å². The Morgan fingerprint density at radius 1 is 1.64 bits per heavy atom. The van der Waals surface area contributed by atoms with E-state index in [1.165, 1.54) is 5.56 Å². The molecule has 14 heavy (non-hydrogen) atoms. The van der Waals surface area contributed by atoms with Crippen molar-refractivity contribution in [3.8, 4) is 0 Å². The summed E-state index contributed by atoms with van der Waals surface area (Å²) >= 11 is 1.68. The molecule has 0 aliphatic heterocycles. The van der Waals surface area contributed by atoms with Crippen molar-refractivity contribution in [3.63, 3.8) is 0 Å². The van der Waals surface area contributed by atoms with Crippen LogP contribution in [0.2, 0.25) is 0 Å². The van der Waals surface area contributed by atoms with Crippen LogP contribution in [0.4, 0.5) is 0 Å². The maximum Gasteiger partial charge on any atom is 0.0558 e. The Morgan fingerprint density at radius 2 is 2.36 bits per heavy atom. The normalized spacial score (nSPS) is 15.8. The van der Waals surface area contributed by atoms with Crippen LogP contribution in [0.5, 0.6) is 0 Å². The Morgan fingerprint density at radius 3 is 2.79 bits per heavy atom. The first kappa shape index (κ1) is 11.7. The highest BCUT2D eigenvalue weighted by Crippen LogP contribution is 2.23. The monoisotopic (exact) mass is 214 g/mol. The standard InChI is InChI=1S/C10H18N2OS/c1-8(11)10(12(2)4-5-13)9-3-6-14-7-9/h3,6-8,10,13H,4-5,11H2,1-2H3. The van der Waals surface area contributed by atoms with Gasteiger partial charge in [-0.05, 0) is 36.4 Å². The number of thiophene rings is 1. The Bertz CT molecular complexity index is 249. The summed E-state index contributed by atoms with van der Waals surface area (Å²) in [6.07, 6.45) is 0. The van der Waals surface area contributed by atoms with Gasteiger partial charge in [-0.2, -0.15) is 11.3 Å². The zero-order chi connectivity index (χ0) is 10.6. The van der Waals surface area contributed by atoms with Crippen molar-refractivity contribution >= 4 is 11.3 Å². The lowest BCUT2D eigenvalue weighted by Gasteiger charge is -2.30. The number of likely N-dealkylation sites (N-methyl/N-ethyl adjacent to an activating group) is 1. The van der Waals surface area contributed by atoms with E-state index in [-0.39, 0.29) is 18.7 Å². The summed E-state index contributed by atoms with van der Waals surface area (Å²) in [4.78, 5) is 2.09. The Labute approximate surface area is 89.2 Å². The van der Waals surface area contributed by atoms with Crippen molar-refractivity contribution in [2.24, 2.45) is 5.73 Å². The van der Waals surface area contributed by atoms with Crippen molar-refractivity contribution in [2.45, 2.75) is 19.0 Å². The smallest absolute Gasteiger partial charge is 0.0558 e.